The highest BCUT2D eigenvalue weighted by Crippen LogP contribution is 2.29. The molecule has 202 valence electrons. The minimum absolute atomic E-state index is 0.0379. The van der Waals surface area contributed by atoms with Crippen LogP contribution in [0.3, 0.4) is 0 Å². The maximum Gasteiger partial charge on any atom is 0.239 e. The Kier molecular flexibility index (Phi) is 8.27. The SMILES string of the molecule is CN1CC(=O)N[C@H]2CN(C(=O)C3CCCC3)CC[C@H]2OCc2cccc(c2)Oc2cccc(c2)CCC1=O. The topological polar surface area (TPSA) is 88.2 Å². The second-order valence-corrected chi connectivity index (χ2v) is 10.7. The lowest BCUT2D eigenvalue weighted by Crippen LogP contribution is -2.58. The van der Waals surface area contributed by atoms with Gasteiger partial charge in [0.2, 0.25) is 17.7 Å². The van der Waals surface area contributed by atoms with E-state index < -0.39 is 0 Å². The molecule has 2 fully saturated rings. The molecule has 8 nitrogen and oxygen atoms in total. The van der Waals surface area contributed by atoms with Crippen molar-refractivity contribution in [3.8, 4) is 11.5 Å². The monoisotopic (exact) mass is 519 g/mol. The first kappa shape index (κ1) is 26.2. The highest BCUT2D eigenvalue weighted by molar-refractivity contribution is 5.85. The Morgan fingerprint density at radius 3 is 2.42 bits per heavy atom. The van der Waals surface area contributed by atoms with E-state index in [1.54, 1.807) is 7.05 Å². The molecule has 4 bridgehead atoms. The lowest BCUT2D eigenvalue weighted by atomic mass is 9.98. The minimum Gasteiger partial charge on any atom is -0.457 e. The summed E-state index contributed by atoms with van der Waals surface area (Å²) in [5, 5.41) is 3.08. The number of carbonyl (C=O) groups is 3. The van der Waals surface area contributed by atoms with Gasteiger partial charge in [0.1, 0.15) is 11.5 Å². The largest absolute Gasteiger partial charge is 0.457 e. The number of likely N-dealkylation sites (N-methyl/N-ethyl adjacent to an activating group) is 1. The molecule has 3 amide bonds. The molecular formula is C30H37N3O5. The smallest absolute Gasteiger partial charge is 0.239 e. The second-order valence-electron chi connectivity index (χ2n) is 10.7. The summed E-state index contributed by atoms with van der Waals surface area (Å²) in [5.41, 5.74) is 1.96. The van der Waals surface area contributed by atoms with Gasteiger partial charge in [0.05, 0.1) is 25.3 Å². The lowest BCUT2D eigenvalue weighted by Gasteiger charge is -2.40. The summed E-state index contributed by atoms with van der Waals surface area (Å²) >= 11 is 0. The normalized spacial score (nSPS) is 23.6. The van der Waals surface area contributed by atoms with Crippen molar-refractivity contribution in [1.82, 2.24) is 15.1 Å². The van der Waals surface area contributed by atoms with Crippen LogP contribution in [-0.4, -0.2) is 66.3 Å². The van der Waals surface area contributed by atoms with E-state index in [1.807, 2.05) is 53.4 Å². The third-order valence-electron chi connectivity index (χ3n) is 7.84. The fourth-order valence-corrected chi connectivity index (χ4v) is 5.70. The van der Waals surface area contributed by atoms with Crippen LogP contribution in [0.15, 0.2) is 48.5 Å². The average Bonchev–Trinajstić information content (AvgIpc) is 3.45. The predicted octanol–water partition coefficient (Wildman–Crippen LogP) is 3.68. The van der Waals surface area contributed by atoms with Crippen LogP contribution < -0.4 is 10.1 Å². The summed E-state index contributed by atoms with van der Waals surface area (Å²) in [5.74, 6) is 1.36. The molecule has 5 rings (SSSR count). The van der Waals surface area contributed by atoms with Crippen molar-refractivity contribution in [1.29, 1.82) is 0 Å². The quantitative estimate of drug-likeness (QED) is 0.621. The maximum absolute atomic E-state index is 13.1. The molecule has 1 aliphatic carbocycles. The lowest BCUT2D eigenvalue weighted by molar-refractivity contribution is -0.141. The molecule has 3 aliphatic rings. The van der Waals surface area contributed by atoms with Crippen LogP contribution >= 0.6 is 0 Å². The molecule has 0 spiro atoms. The van der Waals surface area contributed by atoms with Gasteiger partial charge in [-0.2, -0.15) is 0 Å². The number of likely N-dealkylation sites (tertiary alicyclic amines) is 1. The van der Waals surface area contributed by atoms with E-state index in [1.165, 1.54) is 4.90 Å². The predicted molar refractivity (Wildman–Crippen MR) is 143 cm³/mol. The van der Waals surface area contributed by atoms with Crippen molar-refractivity contribution in [3.05, 3.63) is 59.7 Å². The van der Waals surface area contributed by atoms with E-state index in [-0.39, 0.29) is 42.3 Å². The number of rotatable bonds is 1. The van der Waals surface area contributed by atoms with Crippen molar-refractivity contribution in [3.63, 3.8) is 0 Å². The Hall–Kier alpha value is -3.39. The number of hydrogen-bond acceptors (Lipinski definition) is 5. The number of piperidine rings is 1. The number of nitrogens with zero attached hydrogens (tertiary/aromatic N) is 2. The van der Waals surface area contributed by atoms with Crippen molar-refractivity contribution in [2.45, 2.75) is 63.7 Å². The van der Waals surface area contributed by atoms with Gasteiger partial charge >= 0.3 is 0 Å². The average molecular weight is 520 g/mol. The molecule has 0 radical (unpaired) electrons. The molecule has 1 saturated heterocycles. The van der Waals surface area contributed by atoms with Crippen LogP contribution in [0.1, 0.15) is 49.7 Å². The molecule has 38 heavy (non-hydrogen) atoms. The first-order valence-corrected chi connectivity index (χ1v) is 13.7. The zero-order valence-corrected chi connectivity index (χ0v) is 22.1. The van der Waals surface area contributed by atoms with Crippen LogP contribution in [0.4, 0.5) is 0 Å². The summed E-state index contributed by atoms with van der Waals surface area (Å²) in [7, 11) is 1.65. The van der Waals surface area contributed by atoms with Crippen molar-refractivity contribution >= 4 is 17.7 Å². The number of ether oxygens (including phenoxy) is 2. The van der Waals surface area contributed by atoms with Crippen LogP contribution in [0, 0.1) is 5.92 Å². The summed E-state index contributed by atoms with van der Waals surface area (Å²) in [6.07, 6.45) is 5.34. The third-order valence-corrected chi connectivity index (χ3v) is 7.84. The van der Waals surface area contributed by atoms with Crippen LogP contribution in [0.5, 0.6) is 11.5 Å². The molecule has 2 aliphatic heterocycles. The molecule has 2 heterocycles. The van der Waals surface area contributed by atoms with Gasteiger partial charge in [-0.15, -0.1) is 0 Å². The number of carbonyl (C=O) groups excluding carboxylic acids is 3. The number of nitrogens with one attached hydrogen (secondary N) is 1. The van der Waals surface area contributed by atoms with Gasteiger partial charge in [0.25, 0.3) is 0 Å². The summed E-state index contributed by atoms with van der Waals surface area (Å²) in [6, 6.07) is 15.2. The number of aryl methyl sites for hydroxylation is 1. The van der Waals surface area contributed by atoms with Gasteiger partial charge in [0.15, 0.2) is 0 Å². The van der Waals surface area contributed by atoms with E-state index in [4.69, 9.17) is 9.47 Å². The molecule has 2 atom stereocenters. The molecule has 1 saturated carbocycles. The van der Waals surface area contributed by atoms with Gasteiger partial charge in [0, 0.05) is 32.5 Å². The van der Waals surface area contributed by atoms with E-state index in [2.05, 4.69) is 5.32 Å². The van der Waals surface area contributed by atoms with E-state index in [0.29, 0.717) is 50.5 Å². The van der Waals surface area contributed by atoms with Crippen LogP contribution in [-0.2, 0) is 32.1 Å². The zero-order valence-electron chi connectivity index (χ0n) is 22.1. The zero-order chi connectivity index (χ0) is 26.5. The number of benzene rings is 2. The molecule has 0 unspecified atom stereocenters. The Morgan fingerprint density at radius 1 is 0.947 bits per heavy atom. The summed E-state index contributed by atoms with van der Waals surface area (Å²) < 4.78 is 12.4. The Bertz CT molecular complexity index is 1160. The fourth-order valence-electron chi connectivity index (χ4n) is 5.70. The van der Waals surface area contributed by atoms with E-state index >= 15 is 0 Å². The number of fused-ring (bicyclic) bond motifs is 5. The Morgan fingerprint density at radius 2 is 1.66 bits per heavy atom. The highest BCUT2D eigenvalue weighted by Gasteiger charge is 2.36. The van der Waals surface area contributed by atoms with Crippen LogP contribution in [0.2, 0.25) is 0 Å². The molecular weight excluding hydrogens is 482 g/mol. The van der Waals surface area contributed by atoms with Gasteiger partial charge in [-0.3, -0.25) is 14.4 Å². The summed E-state index contributed by atoms with van der Waals surface area (Å²) in [6.45, 7) is 1.36. The maximum atomic E-state index is 13.1. The van der Waals surface area contributed by atoms with Gasteiger partial charge in [-0.25, -0.2) is 0 Å². The minimum atomic E-state index is -0.344. The second kappa shape index (κ2) is 12.0. The van der Waals surface area contributed by atoms with Gasteiger partial charge in [-0.05, 0) is 61.1 Å². The molecule has 1 N–H and O–H groups in total. The van der Waals surface area contributed by atoms with Crippen molar-refractivity contribution < 1.29 is 23.9 Å². The van der Waals surface area contributed by atoms with Crippen molar-refractivity contribution in [2.75, 3.05) is 26.7 Å². The number of hydrogen-bond donors (Lipinski definition) is 1. The van der Waals surface area contributed by atoms with Gasteiger partial charge < -0.3 is 24.6 Å². The molecule has 0 aromatic heterocycles. The Labute approximate surface area is 224 Å². The summed E-state index contributed by atoms with van der Waals surface area (Å²) in [4.78, 5) is 42.3. The fraction of sp³-hybridized carbons (Fsp3) is 0.500. The van der Waals surface area contributed by atoms with Crippen LogP contribution in [0.25, 0.3) is 0 Å². The first-order chi connectivity index (χ1) is 18.4. The van der Waals surface area contributed by atoms with E-state index in [0.717, 1.165) is 36.8 Å². The molecule has 2 aromatic rings. The Balaban J connectivity index is 1.35. The number of amides is 3. The molecule has 8 heteroatoms. The van der Waals surface area contributed by atoms with Crippen molar-refractivity contribution in [2.24, 2.45) is 5.92 Å². The first-order valence-electron chi connectivity index (χ1n) is 13.7. The van der Waals surface area contributed by atoms with Gasteiger partial charge in [-0.1, -0.05) is 37.1 Å². The van der Waals surface area contributed by atoms with E-state index in [9.17, 15) is 14.4 Å². The third kappa shape index (κ3) is 6.54. The molecule has 2 aromatic carbocycles. The highest BCUT2D eigenvalue weighted by atomic mass is 16.5. The standard InChI is InChI=1S/C30H37N3O5/c1-32-19-28(34)31-26-18-33(30(36)23-8-2-3-9-23)15-14-27(26)37-20-22-7-5-11-25(17-22)38-24-10-4-6-21(16-24)12-13-29(32)35/h4-7,10-11,16-17,23,26-27H,2-3,8-9,12-15,18-20H2,1H3,(H,31,34)/t26-,27+/m0/s1.